The van der Waals surface area contributed by atoms with Gasteiger partial charge in [-0.25, -0.2) is 0 Å². The Labute approximate surface area is 68.2 Å². The molecule has 0 aliphatic rings. The molecule has 0 aromatic heterocycles. The standard InChI is InChI=1S/C9H15NO/c1-4-5-6-9(11)7(2)8(3)10/h1,7-8H,5-6,10H2,2-3H3. The molecule has 62 valence electrons. The van der Waals surface area contributed by atoms with Crippen LogP contribution in [0.2, 0.25) is 0 Å². The number of Topliss-reactive ketones (excluding diaryl/α,β-unsaturated/α-hetero) is 1. The maximum atomic E-state index is 11.2. The molecule has 2 unspecified atom stereocenters. The molecule has 2 atom stereocenters. The molecule has 0 rings (SSSR count). The molecule has 2 N–H and O–H groups in total. The second-order valence-corrected chi connectivity index (χ2v) is 2.82. The fourth-order valence-electron chi connectivity index (χ4n) is 0.716. The van der Waals surface area contributed by atoms with Crippen LogP contribution < -0.4 is 5.73 Å². The molecule has 11 heavy (non-hydrogen) atoms. The van der Waals surface area contributed by atoms with E-state index in [-0.39, 0.29) is 17.7 Å². The smallest absolute Gasteiger partial charge is 0.138 e. The van der Waals surface area contributed by atoms with Crippen molar-refractivity contribution in [1.29, 1.82) is 0 Å². The van der Waals surface area contributed by atoms with E-state index in [4.69, 9.17) is 12.2 Å². The van der Waals surface area contributed by atoms with Gasteiger partial charge in [-0.1, -0.05) is 6.92 Å². The predicted molar refractivity (Wildman–Crippen MR) is 45.9 cm³/mol. The lowest BCUT2D eigenvalue weighted by Gasteiger charge is -2.12. The Hall–Kier alpha value is -0.810. The van der Waals surface area contributed by atoms with Crippen molar-refractivity contribution in [2.24, 2.45) is 11.7 Å². The zero-order chi connectivity index (χ0) is 8.85. The van der Waals surface area contributed by atoms with Gasteiger partial charge in [0.05, 0.1) is 0 Å². The number of rotatable bonds is 4. The number of carbonyl (C=O) groups is 1. The van der Waals surface area contributed by atoms with Crippen LogP contribution in [0.5, 0.6) is 0 Å². The maximum Gasteiger partial charge on any atom is 0.138 e. The number of ketones is 1. The summed E-state index contributed by atoms with van der Waals surface area (Å²) >= 11 is 0. The van der Waals surface area contributed by atoms with Crippen LogP contribution in [0.1, 0.15) is 26.7 Å². The third kappa shape index (κ3) is 3.79. The van der Waals surface area contributed by atoms with Crippen LogP contribution >= 0.6 is 0 Å². The molecule has 0 fully saturated rings. The minimum atomic E-state index is -0.0692. The summed E-state index contributed by atoms with van der Waals surface area (Å²) in [4.78, 5) is 11.2. The fraction of sp³-hybridized carbons (Fsp3) is 0.667. The second-order valence-electron chi connectivity index (χ2n) is 2.82. The van der Waals surface area contributed by atoms with Gasteiger partial charge in [-0.3, -0.25) is 4.79 Å². The van der Waals surface area contributed by atoms with Crippen LogP contribution in [0.15, 0.2) is 0 Å². The van der Waals surface area contributed by atoms with Crippen LogP contribution in [0, 0.1) is 18.3 Å². The van der Waals surface area contributed by atoms with Crippen molar-refractivity contribution in [3.63, 3.8) is 0 Å². The summed E-state index contributed by atoms with van der Waals surface area (Å²) in [6.45, 7) is 3.67. The van der Waals surface area contributed by atoms with Gasteiger partial charge in [0.1, 0.15) is 5.78 Å². The zero-order valence-corrected chi connectivity index (χ0v) is 7.13. The molecule has 0 spiro atoms. The summed E-state index contributed by atoms with van der Waals surface area (Å²) in [6.07, 6.45) is 6.00. The first-order valence-electron chi connectivity index (χ1n) is 3.81. The fourth-order valence-corrected chi connectivity index (χ4v) is 0.716. The molecule has 0 radical (unpaired) electrons. The SMILES string of the molecule is C#CCCC(=O)C(C)C(C)N. The maximum absolute atomic E-state index is 11.2. The molecule has 0 aromatic carbocycles. The van der Waals surface area contributed by atoms with Crippen molar-refractivity contribution < 1.29 is 4.79 Å². The van der Waals surface area contributed by atoms with Crippen molar-refractivity contribution >= 4 is 5.78 Å². The highest BCUT2D eigenvalue weighted by molar-refractivity contribution is 5.81. The minimum absolute atomic E-state index is 0.0663. The Morgan fingerprint density at radius 3 is 2.55 bits per heavy atom. The van der Waals surface area contributed by atoms with Gasteiger partial charge < -0.3 is 5.73 Å². The van der Waals surface area contributed by atoms with Gasteiger partial charge in [0.2, 0.25) is 0 Å². The normalized spacial score (nSPS) is 15.1. The van der Waals surface area contributed by atoms with E-state index < -0.39 is 0 Å². The highest BCUT2D eigenvalue weighted by atomic mass is 16.1. The van der Waals surface area contributed by atoms with Crippen LogP contribution in [0.25, 0.3) is 0 Å². The Morgan fingerprint density at radius 1 is 1.64 bits per heavy atom. The number of hydrogen-bond acceptors (Lipinski definition) is 2. The summed E-state index contributed by atoms with van der Waals surface area (Å²) < 4.78 is 0. The third-order valence-corrected chi connectivity index (χ3v) is 1.81. The molecule has 0 amide bonds. The van der Waals surface area contributed by atoms with Gasteiger partial charge in [0.15, 0.2) is 0 Å². The summed E-state index contributed by atoms with van der Waals surface area (Å²) in [6, 6.07) is -0.0692. The second kappa shape index (κ2) is 4.92. The molecular formula is C9H15NO. The monoisotopic (exact) mass is 153 g/mol. The summed E-state index contributed by atoms with van der Waals surface area (Å²) in [5.41, 5.74) is 5.54. The predicted octanol–water partition coefficient (Wildman–Crippen LogP) is 0.952. The van der Waals surface area contributed by atoms with Gasteiger partial charge in [0, 0.05) is 24.8 Å². The zero-order valence-electron chi connectivity index (χ0n) is 7.13. The number of hydrogen-bond donors (Lipinski definition) is 1. The molecule has 0 aliphatic heterocycles. The molecule has 0 heterocycles. The van der Waals surface area contributed by atoms with Gasteiger partial charge in [0.25, 0.3) is 0 Å². The van der Waals surface area contributed by atoms with E-state index >= 15 is 0 Å². The molecule has 2 heteroatoms. The van der Waals surface area contributed by atoms with Crippen molar-refractivity contribution in [2.75, 3.05) is 0 Å². The van der Waals surface area contributed by atoms with E-state index in [1.54, 1.807) is 0 Å². The highest BCUT2D eigenvalue weighted by Crippen LogP contribution is 2.05. The van der Waals surface area contributed by atoms with E-state index in [9.17, 15) is 4.79 Å². The van der Waals surface area contributed by atoms with E-state index in [0.717, 1.165) is 0 Å². The van der Waals surface area contributed by atoms with Crippen LogP contribution in [0.3, 0.4) is 0 Å². The molecule has 2 nitrogen and oxygen atoms in total. The topological polar surface area (TPSA) is 43.1 Å². The molecule has 0 aliphatic carbocycles. The Kier molecular flexibility index (Phi) is 4.56. The number of carbonyl (C=O) groups excluding carboxylic acids is 1. The molecule has 0 saturated carbocycles. The lowest BCUT2D eigenvalue weighted by molar-refractivity contribution is -0.122. The molecule has 0 saturated heterocycles. The third-order valence-electron chi connectivity index (χ3n) is 1.81. The lowest BCUT2D eigenvalue weighted by atomic mass is 9.96. The Bertz CT molecular complexity index is 167. The molecular weight excluding hydrogens is 138 g/mol. The van der Waals surface area contributed by atoms with Gasteiger partial charge in [-0.2, -0.15) is 0 Å². The molecule has 0 bridgehead atoms. The number of nitrogens with two attached hydrogens (primary N) is 1. The van der Waals surface area contributed by atoms with Crippen LogP contribution in [0.4, 0.5) is 0 Å². The average Bonchev–Trinajstić information content (AvgIpc) is 1.98. The van der Waals surface area contributed by atoms with E-state index in [1.165, 1.54) is 0 Å². The van der Waals surface area contributed by atoms with Crippen molar-refractivity contribution in [3.8, 4) is 12.3 Å². The van der Waals surface area contributed by atoms with Gasteiger partial charge in [-0.05, 0) is 6.92 Å². The van der Waals surface area contributed by atoms with Crippen LogP contribution in [-0.4, -0.2) is 11.8 Å². The van der Waals surface area contributed by atoms with Crippen LogP contribution in [-0.2, 0) is 4.79 Å². The summed E-state index contributed by atoms with van der Waals surface area (Å²) in [5, 5.41) is 0. The quantitative estimate of drug-likeness (QED) is 0.611. The highest BCUT2D eigenvalue weighted by Gasteiger charge is 2.15. The van der Waals surface area contributed by atoms with E-state index in [2.05, 4.69) is 5.92 Å². The minimum Gasteiger partial charge on any atom is -0.327 e. The number of terminal acetylenes is 1. The van der Waals surface area contributed by atoms with Gasteiger partial charge in [-0.15, -0.1) is 12.3 Å². The first kappa shape index (κ1) is 10.2. The van der Waals surface area contributed by atoms with Gasteiger partial charge >= 0.3 is 0 Å². The van der Waals surface area contributed by atoms with Crippen molar-refractivity contribution in [3.05, 3.63) is 0 Å². The Morgan fingerprint density at radius 2 is 2.18 bits per heavy atom. The summed E-state index contributed by atoms with van der Waals surface area (Å²) in [7, 11) is 0. The van der Waals surface area contributed by atoms with Crippen molar-refractivity contribution in [1.82, 2.24) is 0 Å². The van der Waals surface area contributed by atoms with E-state index in [1.807, 2.05) is 13.8 Å². The van der Waals surface area contributed by atoms with Crippen molar-refractivity contribution in [2.45, 2.75) is 32.7 Å². The summed E-state index contributed by atoms with van der Waals surface area (Å²) in [5.74, 6) is 2.53. The first-order valence-corrected chi connectivity index (χ1v) is 3.81. The Balaban J connectivity index is 3.76. The average molecular weight is 153 g/mol. The lowest BCUT2D eigenvalue weighted by Crippen LogP contribution is -2.30. The largest absolute Gasteiger partial charge is 0.327 e. The molecule has 0 aromatic rings. The first-order chi connectivity index (χ1) is 5.09. The van der Waals surface area contributed by atoms with E-state index in [0.29, 0.717) is 12.8 Å².